The molecule has 0 saturated carbocycles. The molecule has 0 radical (unpaired) electrons. The first kappa shape index (κ1) is 19.6. The molecule has 5 rings (SSSR count). The van der Waals surface area contributed by atoms with E-state index in [1.807, 2.05) is 17.8 Å². The summed E-state index contributed by atoms with van der Waals surface area (Å²) in [5.41, 5.74) is 5.75. The Labute approximate surface area is 181 Å². The van der Waals surface area contributed by atoms with Gasteiger partial charge in [-0.2, -0.15) is 0 Å². The first-order valence-electron chi connectivity index (χ1n) is 10.2. The molecule has 1 aromatic carbocycles. The van der Waals surface area contributed by atoms with Gasteiger partial charge >= 0.3 is 0 Å². The average molecular weight is 434 g/mol. The predicted octanol–water partition coefficient (Wildman–Crippen LogP) is 3.82. The third-order valence-corrected chi connectivity index (χ3v) is 7.14. The molecule has 0 fully saturated rings. The number of hydrogen-bond acceptors (Lipinski definition) is 5. The van der Waals surface area contributed by atoms with E-state index in [0.717, 1.165) is 35.9 Å². The molecule has 158 valence electrons. The lowest BCUT2D eigenvalue weighted by Crippen LogP contribution is -2.24. The summed E-state index contributed by atoms with van der Waals surface area (Å²) in [6.45, 7) is 1.03. The van der Waals surface area contributed by atoms with Crippen LogP contribution in [0, 0.1) is 0 Å². The van der Waals surface area contributed by atoms with Crippen LogP contribution in [0.1, 0.15) is 12.0 Å². The summed E-state index contributed by atoms with van der Waals surface area (Å²) in [5.74, 6) is 0. The zero-order chi connectivity index (χ0) is 21.6. The van der Waals surface area contributed by atoms with Crippen LogP contribution in [0.5, 0.6) is 0 Å². The van der Waals surface area contributed by atoms with Crippen LogP contribution in [0.3, 0.4) is 0 Å². The van der Waals surface area contributed by atoms with Crippen molar-refractivity contribution in [2.24, 2.45) is 7.05 Å². The van der Waals surface area contributed by atoms with Gasteiger partial charge in [0, 0.05) is 56.7 Å². The van der Waals surface area contributed by atoms with E-state index in [9.17, 15) is 8.42 Å². The van der Waals surface area contributed by atoms with Gasteiger partial charge in [0.15, 0.2) is 0 Å². The maximum atomic E-state index is 12.9. The van der Waals surface area contributed by atoms with E-state index in [1.54, 1.807) is 24.5 Å². The summed E-state index contributed by atoms with van der Waals surface area (Å²) in [6, 6.07) is 11.3. The van der Waals surface area contributed by atoms with Gasteiger partial charge in [-0.15, -0.1) is 0 Å². The molecule has 1 aliphatic heterocycles. The van der Waals surface area contributed by atoms with E-state index < -0.39 is 10.0 Å². The number of hydrogen-bond donors (Lipinski definition) is 1. The molecule has 0 bridgehead atoms. The molecule has 1 aliphatic rings. The van der Waals surface area contributed by atoms with Gasteiger partial charge in [-0.3, -0.25) is 9.71 Å². The van der Waals surface area contributed by atoms with Crippen molar-refractivity contribution in [3.63, 3.8) is 0 Å². The molecule has 4 aromatic rings. The van der Waals surface area contributed by atoms with Crippen LogP contribution >= 0.6 is 0 Å². The zero-order valence-electron chi connectivity index (χ0n) is 17.4. The van der Waals surface area contributed by atoms with E-state index in [0.29, 0.717) is 11.3 Å². The van der Waals surface area contributed by atoms with Crippen molar-refractivity contribution in [1.82, 2.24) is 14.5 Å². The highest BCUT2D eigenvalue weighted by atomic mass is 32.2. The molecule has 0 atom stereocenters. The predicted molar refractivity (Wildman–Crippen MR) is 123 cm³/mol. The number of sulfonamides is 1. The van der Waals surface area contributed by atoms with Crippen molar-refractivity contribution in [1.29, 1.82) is 0 Å². The van der Waals surface area contributed by atoms with Crippen molar-refractivity contribution >= 4 is 32.4 Å². The van der Waals surface area contributed by atoms with Crippen molar-refractivity contribution in [3.05, 3.63) is 66.7 Å². The molecular weight excluding hydrogens is 410 g/mol. The highest BCUT2D eigenvalue weighted by Gasteiger charge is 2.21. The lowest BCUT2D eigenvalue weighted by Gasteiger charge is -2.28. The maximum Gasteiger partial charge on any atom is 0.263 e. The highest BCUT2D eigenvalue weighted by molar-refractivity contribution is 7.92. The number of nitrogens with zero attached hydrogens (tertiary/aromatic N) is 4. The van der Waals surface area contributed by atoms with E-state index in [-0.39, 0.29) is 4.90 Å². The van der Waals surface area contributed by atoms with Crippen LogP contribution in [0.25, 0.3) is 22.2 Å². The molecule has 7 nitrogen and oxygen atoms in total. The van der Waals surface area contributed by atoms with E-state index in [1.165, 1.54) is 23.5 Å². The Morgan fingerprint density at radius 2 is 1.97 bits per heavy atom. The summed E-state index contributed by atoms with van der Waals surface area (Å²) < 4.78 is 30.6. The van der Waals surface area contributed by atoms with Gasteiger partial charge in [-0.05, 0) is 48.2 Å². The van der Waals surface area contributed by atoms with Gasteiger partial charge in [0.2, 0.25) is 0 Å². The second kappa shape index (κ2) is 7.39. The molecule has 0 amide bonds. The van der Waals surface area contributed by atoms with Crippen LogP contribution in [-0.4, -0.2) is 36.5 Å². The summed E-state index contributed by atoms with van der Waals surface area (Å²) in [6.07, 6.45) is 8.74. The summed E-state index contributed by atoms with van der Waals surface area (Å²) in [4.78, 5) is 10.8. The van der Waals surface area contributed by atoms with E-state index >= 15 is 0 Å². The summed E-state index contributed by atoms with van der Waals surface area (Å²) >= 11 is 0. The smallest absolute Gasteiger partial charge is 0.263 e. The Bertz CT molecular complexity index is 1380. The quantitative estimate of drug-likeness (QED) is 0.529. The third kappa shape index (κ3) is 3.42. The van der Waals surface area contributed by atoms with Crippen LogP contribution in [-0.2, 0) is 23.5 Å². The minimum absolute atomic E-state index is 0.118. The molecule has 31 heavy (non-hydrogen) atoms. The minimum Gasteiger partial charge on any atom is -0.374 e. The number of pyridine rings is 2. The fourth-order valence-corrected chi connectivity index (χ4v) is 5.28. The van der Waals surface area contributed by atoms with Crippen molar-refractivity contribution < 1.29 is 8.42 Å². The molecule has 4 heterocycles. The van der Waals surface area contributed by atoms with Gasteiger partial charge in [0.05, 0.1) is 11.1 Å². The number of anilines is 2. The van der Waals surface area contributed by atoms with Crippen LogP contribution in [0.4, 0.5) is 11.4 Å². The minimum atomic E-state index is -3.78. The number of fused-ring (bicyclic) bond motifs is 2. The molecule has 1 N–H and O–H groups in total. The fourth-order valence-electron chi connectivity index (χ4n) is 4.24. The van der Waals surface area contributed by atoms with E-state index in [2.05, 4.69) is 44.8 Å². The molecular formula is C23H23N5O2S. The SMILES string of the molecule is CN1CCCc2ccc(-c3cn(C)c4nccc(NS(=O)(=O)c5cccnc5)c34)cc21. The number of nitrogens with one attached hydrogen (secondary N) is 1. The zero-order valence-corrected chi connectivity index (χ0v) is 18.2. The molecule has 0 unspecified atom stereocenters. The van der Waals surface area contributed by atoms with Gasteiger partial charge in [-0.1, -0.05) is 12.1 Å². The molecule has 0 spiro atoms. The number of benzene rings is 1. The van der Waals surface area contributed by atoms with Crippen molar-refractivity contribution in [2.75, 3.05) is 23.2 Å². The van der Waals surface area contributed by atoms with Crippen molar-refractivity contribution in [3.8, 4) is 11.1 Å². The lowest BCUT2D eigenvalue weighted by atomic mass is 9.97. The van der Waals surface area contributed by atoms with Gasteiger partial charge in [-0.25, -0.2) is 13.4 Å². The maximum absolute atomic E-state index is 12.9. The van der Waals surface area contributed by atoms with Gasteiger partial charge in [0.25, 0.3) is 10.0 Å². The molecule has 0 aliphatic carbocycles. The average Bonchev–Trinajstić information content (AvgIpc) is 3.12. The highest BCUT2D eigenvalue weighted by Crippen LogP contribution is 2.38. The van der Waals surface area contributed by atoms with Crippen molar-refractivity contribution in [2.45, 2.75) is 17.7 Å². The normalized spacial score (nSPS) is 13.9. The van der Waals surface area contributed by atoms with Crippen LogP contribution in [0.15, 0.2) is 66.1 Å². The standard InChI is InChI=1S/C23H23N5O2S/c1-27-12-4-5-16-7-8-17(13-21(16)27)19-15-28(2)23-22(19)20(9-11-25-23)26-31(29,30)18-6-3-10-24-14-18/h3,6-11,13-15H,4-5,12H2,1-2H3,(H,25,26). The van der Waals surface area contributed by atoms with Gasteiger partial charge < -0.3 is 9.47 Å². The van der Waals surface area contributed by atoms with Gasteiger partial charge in [0.1, 0.15) is 10.5 Å². The monoisotopic (exact) mass is 433 g/mol. The second-order valence-electron chi connectivity index (χ2n) is 7.87. The first-order valence-corrected chi connectivity index (χ1v) is 11.6. The van der Waals surface area contributed by atoms with E-state index in [4.69, 9.17) is 0 Å². The summed E-state index contributed by atoms with van der Waals surface area (Å²) in [5, 5.41) is 0.774. The summed E-state index contributed by atoms with van der Waals surface area (Å²) in [7, 11) is 0.255. The Morgan fingerprint density at radius 1 is 1.10 bits per heavy atom. The van der Waals surface area contributed by atoms with Crippen LogP contribution < -0.4 is 9.62 Å². The Balaban J connectivity index is 1.65. The number of aryl methyl sites for hydroxylation is 2. The van der Waals surface area contributed by atoms with Crippen LogP contribution in [0.2, 0.25) is 0 Å². The fraction of sp³-hybridized carbons (Fsp3) is 0.217. The first-order chi connectivity index (χ1) is 14.9. The Morgan fingerprint density at radius 3 is 2.77 bits per heavy atom. The largest absolute Gasteiger partial charge is 0.374 e. The number of rotatable bonds is 4. The molecule has 8 heteroatoms. The topological polar surface area (TPSA) is 80.1 Å². The Kier molecular flexibility index (Phi) is 4.66. The lowest BCUT2D eigenvalue weighted by molar-refractivity contribution is 0.601. The molecule has 3 aromatic heterocycles. The molecule has 0 saturated heterocycles. The Hall–Kier alpha value is -3.39. The third-order valence-electron chi connectivity index (χ3n) is 5.79. The second-order valence-corrected chi connectivity index (χ2v) is 9.56. The number of aromatic nitrogens is 3.